The molecule has 0 bridgehead atoms. The molecule has 0 N–H and O–H groups in total. The van der Waals surface area contributed by atoms with Crippen molar-refractivity contribution in [2.45, 2.75) is 6.42 Å². The standard InChI is InChI=1S/C14H17IN2O2.2ClH/c15-13-4-2-12(3-5-13)14(19)17-9-7-16(8-10-17)6-1-11-18;;/h2-5,11H,1,6-10H2;2*1H. The highest BCUT2D eigenvalue weighted by Crippen LogP contribution is 2.11. The molecular weight excluding hydrogens is 426 g/mol. The second kappa shape index (κ2) is 10.4. The lowest BCUT2D eigenvalue weighted by molar-refractivity contribution is -0.108. The molecule has 1 aliphatic rings. The van der Waals surface area contributed by atoms with Gasteiger partial charge in [0.1, 0.15) is 6.29 Å². The molecule has 0 aliphatic carbocycles. The SMILES string of the molecule is Cl.Cl.O=CCCN1CCN(C(=O)c2ccc(I)cc2)CC1. The second-order valence-corrected chi connectivity index (χ2v) is 5.84. The lowest BCUT2D eigenvalue weighted by Crippen LogP contribution is -2.48. The smallest absolute Gasteiger partial charge is 0.253 e. The normalized spacial score (nSPS) is 14.8. The third-order valence-corrected chi connectivity index (χ3v) is 4.03. The summed E-state index contributed by atoms with van der Waals surface area (Å²) >= 11 is 2.23. The summed E-state index contributed by atoms with van der Waals surface area (Å²) in [6.45, 7) is 3.98. The highest BCUT2D eigenvalue weighted by atomic mass is 127. The zero-order valence-corrected chi connectivity index (χ0v) is 15.3. The number of benzene rings is 1. The van der Waals surface area contributed by atoms with Crippen molar-refractivity contribution >= 4 is 59.6 Å². The fourth-order valence-corrected chi connectivity index (χ4v) is 2.54. The second-order valence-electron chi connectivity index (χ2n) is 4.60. The molecule has 0 spiro atoms. The summed E-state index contributed by atoms with van der Waals surface area (Å²) in [7, 11) is 0. The minimum absolute atomic E-state index is 0. The summed E-state index contributed by atoms with van der Waals surface area (Å²) in [5.74, 6) is 0.103. The van der Waals surface area contributed by atoms with Crippen LogP contribution in [0.15, 0.2) is 24.3 Å². The third-order valence-electron chi connectivity index (χ3n) is 3.31. The fourth-order valence-electron chi connectivity index (χ4n) is 2.18. The Morgan fingerprint density at radius 3 is 2.19 bits per heavy atom. The Labute approximate surface area is 151 Å². The predicted molar refractivity (Wildman–Crippen MR) is 96.7 cm³/mol. The van der Waals surface area contributed by atoms with Crippen molar-refractivity contribution in [1.29, 1.82) is 0 Å². The molecule has 0 unspecified atom stereocenters. The maximum absolute atomic E-state index is 12.3. The first kappa shape index (κ1) is 20.6. The van der Waals surface area contributed by atoms with Gasteiger partial charge in [-0.1, -0.05) is 0 Å². The molecule has 0 atom stereocenters. The predicted octanol–water partition coefficient (Wildman–Crippen LogP) is 2.48. The van der Waals surface area contributed by atoms with Gasteiger partial charge in [-0.2, -0.15) is 0 Å². The molecule has 2 rings (SSSR count). The van der Waals surface area contributed by atoms with E-state index >= 15 is 0 Å². The number of hydrogen-bond donors (Lipinski definition) is 0. The number of rotatable bonds is 4. The van der Waals surface area contributed by atoms with Crippen LogP contribution in [0, 0.1) is 3.57 Å². The molecule has 1 aliphatic heterocycles. The number of carbonyl (C=O) groups excluding carboxylic acids is 2. The van der Waals surface area contributed by atoms with E-state index in [0.29, 0.717) is 6.42 Å². The summed E-state index contributed by atoms with van der Waals surface area (Å²) in [6.07, 6.45) is 1.52. The molecule has 118 valence electrons. The Bertz CT molecular complexity index is 449. The summed E-state index contributed by atoms with van der Waals surface area (Å²) in [6, 6.07) is 7.66. The molecule has 1 aromatic rings. The van der Waals surface area contributed by atoms with Gasteiger partial charge in [0.05, 0.1) is 0 Å². The van der Waals surface area contributed by atoms with Crippen molar-refractivity contribution in [2.24, 2.45) is 0 Å². The van der Waals surface area contributed by atoms with E-state index in [-0.39, 0.29) is 30.7 Å². The van der Waals surface area contributed by atoms with Gasteiger partial charge in [0.2, 0.25) is 0 Å². The van der Waals surface area contributed by atoms with Crippen LogP contribution >= 0.6 is 47.4 Å². The highest BCUT2D eigenvalue weighted by Gasteiger charge is 2.21. The van der Waals surface area contributed by atoms with Crippen molar-refractivity contribution < 1.29 is 9.59 Å². The molecule has 7 heteroatoms. The minimum atomic E-state index is 0. The molecule has 1 amide bonds. The van der Waals surface area contributed by atoms with Crippen molar-refractivity contribution in [3.63, 3.8) is 0 Å². The summed E-state index contributed by atoms with van der Waals surface area (Å²) < 4.78 is 1.13. The van der Waals surface area contributed by atoms with Crippen molar-refractivity contribution in [3.8, 4) is 0 Å². The van der Waals surface area contributed by atoms with E-state index in [2.05, 4.69) is 27.5 Å². The molecule has 1 saturated heterocycles. The van der Waals surface area contributed by atoms with Gasteiger partial charge >= 0.3 is 0 Å². The van der Waals surface area contributed by atoms with E-state index in [1.807, 2.05) is 29.2 Å². The van der Waals surface area contributed by atoms with Crippen molar-refractivity contribution in [2.75, 3.05) is 32.7 Å². The minimum Gasteiger partial charge on any atom is -0.336 e. The number of piperazine rings is 1. The topological polar surface area (TPSA) is 40.6 Å². The van der Waals surface area contributed by atoms with Crippen LogP contribution in [-0.2, 0) is 4.79 Å². The van der Waals surface area contributed by atoms with Gasteiger partial charge in [-0.05, 0) is 46.9 Å². The van der Waals surface area contributed by atoms with Crippen LogP contribution in [0.1, 0.15) is 16.8 Å². The lowest BCUT2D eigenvalue weighted by atomic mass is 10.2. The van der Waals surface area contributed by atoms with Gasteiger partial charge in [0.15, 0.2) is 0 Å². The van der Waals surface area contributed by atoms with E-state index in [9.17, 15) is 9.59 Å². The molecule has 4 nitrogen and oxygen atoms in total. The number of nitrogens with zero attached hydrogens (tertiary/aromatic N) is 2. The van der Waals surface area contributed by atoms with E-state index in [1.54, 1.807) is 0 Å². The first-order valence-corrected chi connectivity index (χ1v) is 7.49. The number of hydrogen-bond acceptors (Lipinski definition) is 3. The first-order chi connectivity index (χ1) is 9.20. The molecule has 0 saturated carbocycles. The lowest BCUT2D eigenvalue weighted by Gasteiger charge is -2.34. The Hall–Kier alpha value is -0.370. The van der Waals surface area contributed by atoms with E-state index in [1.165, 1.54) is 0 Å². The maximum atomic E-state index is 12.3. The molecule has 21 heavy (non-hydrogen) atoms. The summed E-state index contributed by atoms with van der Waals surface area (Å²) in [5, 5.41) is 0. The molecule has 1 heterocycles. The Balaban J connectivity index is 0.00000200. The van der Waals surface area contributed by atoms with Gasteiger partial charge in [-0.25, -0.2) is 0 Å². The van der Waals surface area contributed by atoms with Crippen LogP contribution in [0.3, 0.4) is 0 Å². The zero-order chi connectivity index (χ0) is 13.7. The van der Waals surface area contributed by atoms with Gasteiger partial charge < -0.3 is 9.69 Å². The Morgan fingerprint density at radius 2 is 1.67 bits per heavy atom. The Morgan fingerprint density at radius 1 is 1.10 bits per heavy atom. The average molecular weight is 445 g/mol. The molecule has 0 aromatic heterocycles. The molecule has 0 radical (unpaired) electrons. The van der Waals surface area contributed by atoms with Gasteiger partial charge in [-0.3, -0.25) is 9.69 Å². The third kappa shape index (κ3) is 6.10. The number of amides is 1. The molecular formula is C14H19Cl2IN2O2. The number of aldehydes is 1. The largest absolute Gasteiger partial charge is 0.336 e. The molecule has 1 aromatic carbocycles. The monoisotopic (exact) mass is 444 g/mol. The van der Waals surface area contributed by atoms with E-state index < -0.39 is 0 Å². The Kier molecular flexibility index (Phi) is 10.2. The van der Waals surface area contributed by atoms with Crippen LogP contribution in [0.4, 0.5) is 0 Å². The van der Waals surface area contributed by atoms with Gasteiger partial charge in [0, 0.05) is 48.3 Å². The van der Waals surface area contributed by atoms with E-state index in [0.717, 1.165) is 48.1 Å². The number of carbonyl (C=O) groups is 2. The van der Waals surface area contributed by atoms with Gasteiger partial charge in [0.25, 0.3) is 5.91 Å². The highest BCUT2D eigenvalue weighted by molar-refractivity contribution is 14.1. The van der Waals surface area contributed by atoms with Crippen LogP contribution in [-0.4, -0.2) is 54.7 Å². The zero-order valence-electron chi connectivity index (χ0n) is 11.5. The average Bonchev–Trinajstić information content (AvgIpc) is 2.46. The van der Waals surface area contributed by atoms with Crippen molar-refractivity contribution in [1.82, 2.24) is 9.80 Å². The fraction of sp³-hybridized carbons (Fsp3) is 0.429. The van der Waals surface area contributed by atoms with Crippen LogP contribution in [0.2, 0.25) is 0 Å². The van der Waals surface area contributed by atoms with Crippen molar-refractivity contribution in [3.05, 3.63) is 33.4 Å². The summed E-state index contributed by atoms with van der Waals surface area (Å²) in [5.41, 5.74) is 0.752. The van der Waals surface area contributed by atoms with Crippen LogP contribution < -0.4 is 0 Å². The maximum Gasteiger partial charge on any atom is 0.253 e. The summed E-state index contributed by atoms with van der Waals surface area (Å²) in [4.78, 5) is 26.7. The quantitative estimate of drug-likeness (QED) is 0.529. The molecule has 1 fully saturated rings. The van der Waals surface area contributed by atoms with Gasteiger partial charge in [-0.15, -0.1) is 24.8 Å². The first-order valence-electron chi connectivity index (χ1n) is 6.41. The van der Waals surface area contributed by atoms with E-state index in [4.69, 9.17) is 0 Å². The van der Waals surface area contributed by atoms with Crippen LogP contribution in [0.25, 0.3) is 0 Å². The van der Waals surface area contributed by atoms with Crippen LogP contribution in [0.5, 0.6) is 0 Å². The number of halogens is 3.